The van der Waals surface area contributed by atoms with Gasteiger partial charge in [-0.3, -0.25) is 9.69 Å². The first-order chi connectivity index (χ1) is 10.1. The summed E-state index contributed by atoms with van der Waals surface area (Å²) in [5.74, 6) is -1.06. The molecule has 1 aliphatic rings. The second kappa shape index (κ2) is 5.77. The number of Topliss-reactive ketones (excluding diaryl/α,β-unsaturated/α-hetero) is 1. The van der Waals surface area contributed by atoms with Crippen LogP contribution in [0, 0.1) is 11.6 Å². The van der Waals surface area contributed by atoms with E-state index in [9.17, 15) is 13.6 Å². The van der Waals surface area contributed by atoms with Crippen molar-refractivity contribution in [3.63, 3.8) is 0 Å². The summed E-state index contributed by atoms with van der Waals surface area (Å²) in [5, 5.41) is 0. The fourth-order valence-electron chi connectivity index (χ4n) is 2.34. The van der Waals surface area contributed by atoms with Gasteiger partial charge in [0, 0.05) is 12.1 Å². The highest BCUT2D eigenvalue weighted by Crippen LogP contribution is 2.28. The minimum absolute atomic E-state index is 0.0681. The average Bonchev–Trinajstić information content (AvgIpc) is 3.16. The van der Waals surface area contributed by atoms with Crippen molar-refractivity contribution in [2.24, 2.45) is 0 Å². The van der Waals surface area contributed by atoms with E-state index in [1.807, 2.05) is 11.0 Å². The summed E-state index contributed by atoms with van der Waals surface area (Å²) < 4.78 is 31.8. The summed E-state index contributed by atoms with van der Waals surface area (Å²) in [6.07, 6.45) is 3.64. The Morgan fingerprint density at radius 2 is 2.10 bits per heavy atom. The van der Waals surface area contributed by atoms with Crippen molar-refractivity contribution >= 4 is 5.78 Å². The minimum Gasteiger partial charge on any atom is -0.468 e. The molecule has 0 N–H and O–H groups in total. The lowest BCUT2D eigenvalue weighted by atomic mass is 10.1. The maximum atomic E-state index is 13.6. The van der Waals surface area contributed by atoms with Gasteiger partial charge in [-0.15, -0.1) is 0 Å². The highest BCUT2D eigenvalue weighted by molar-refractivity contribution is 5.97. The predicted molar refractivity (Wildman–Crippen MR) is 72.8 cm³/mol. The Bertz CT molecular complexity index is 636. The topological polar surface area (TPSA) is 33.5 Å². The molecule has 1 fully saturated rings. The molecule has 0 bridgehead atoms. The molecule has 5 heteroatoms. The molecular weight excluding hydrogens is 276 g/mol. The van der Waals surface area contributed by atoms with E-state index >= 15 is 0 Å². The number of ketones is 1. The van der Waals surface area contributed by atoms with Crippen LogP contribution in [0.15, 0.2) is 41.0 Å². The SMILES string of the molecule is O=C(CN(Cc1ccco1)C1CC1)c1ccc(F)cc1F. The molecule has 1 heterocycles. The third-order valence-corrected chi connectivity index (χ3v) is 3.58. The molecule has 0 saturated heterocycles. The van der Waals surface area contributed by atoms with Gasteiger partial charge in [-0.2, -0.15) is 0 Å². The summed E-state index contributed by atoms with van der Waals surface area (Å²) in [6, 6.07) is 7.01. The van der Waals surface area contributed by atoms with Gasteiger partial charge in [-0.25, -0.2) is 8.78 Å². The predicted octanol–water partition coefficient (Wildman–Crippen LogP) is 3.41. The van der Waals surface area contributed by atoms with Crippen molar-refractivity contribution < 1.29 is 18.0 Å². The van der Waals surface area contributed by atoms with Crippen LogP contribution in [0.3, 0.4) is 0 Å². The molecule has 21 heavy (non-hydrogen) atoms. The maximum Gasteiger partial charge on any atom is 0.179 e. The molecule has 2 aromatic rings. The molecular formula is C16H15F2NO2. The van der Waals surface area contributed by atoms with Gasteiger partial charge in [0.2, 0.25) is 0 Å². The van der Waals surface area contributed by atoms with Crippen LogP contribution >= 0.6 is 0 Å². The van der Waals surface area contributed by atoms with Crippen molar-refractivity contribution in [3.8, 4) is 0 Å². The van der Waals surface area contributed by atoms with Gasteiger partial charge in [-0.1, -0.05) is 0 Å². The number of nitrogens with zero attached hydrogens (tertiary/aromatic N) is 1. The zero-order valence-electron chi connectivity index (χ0n) is 11.4. The van der Waals surface area contributed by atoms with Gasteiger partial charge < -0.3 is 4.42 Å². The zero-order valence-corrected chi connectivity index (χ0v) is 11.4. The van der Waals surface area contributed by atoms with Crippen molar-refractivity contribution in [1.82, 2.24) is 4.90 Å². The molecule has 1 aromatic heterocycles. The van der Waals surface area contributed by atoms with Crippen LogP contribution < -0.4 is 0 Å². The van der Waals surface area contributed by atoms with Crippen LogP contribution in [0.2, 0.25) is 0 Å². The van der Waals surface area contributed by atoms with E-state index in [4.69, 9.17) is 4.42 Å². The molecule has 3 nitrogen and oxygen atoms in total. The van der Waals surface area contributed by atoms with Crippen LogP contribution in [-0.4, -0.2) is 23.3 Å². The third kappa shape index (κ3) is 3.36. The molecule has 110 valence electrons. The largest absolute Gasteiger partial charge is 0.468 e. The van der Waals surface area contributed by atoms with Gasteiger partial charge >= 0.3 is 0 Å². The summed E-state index contributed by atoms with van der Waals surface area (Å²) in [4.78, 5) is 14.2. The number of halogens is 2. The lowest BCUT2D eigenvalue weighted by molar-refractivity contribution is 0.0909. The lowest BCUT2D eigenvalue weighted by Gasteiger charge is -2.20. The first-order valence-corrected chi connectivity index (χ1v) is 6.88. The average molecular weight is 291 g/mol. The highest BCUT2D eigenvalue weighted by Gasteiger charge is 2.31. The summed E-state index contributed by atoms with van der Waals surface area (Å²) in [6.45, 7) is 0.625. The minimum atomic E-state index is -0.811. The third-order valence-electron chi connectivity index (χ3n) is 3.58. The standard InChI is InChI=1S/C16H15F2NO2/c17-11-3-6-14(15(18)8-11)16(20)10-19(12-4-5-12)9-13-2-1-7-21-13/h1-3,6-8,12H,4-5,9-10H2. The van der Waals surface area contributed by atoms with E-state index < -0.39 is 11.6 Å². The molecule has 0 spiro atoms. The maximum absolute atomic E-state index is 13.6. The Morgan fingerprint density at radius 1 is 1.29 bits per heavy atom. The Hall–Kier alpha value is -2.01. The first-order valence-electron chi connectivity index (χ1n) is 6.88. The van der Waals surface area contributed by atoms with Crippen molar-refractivity contribution in [1.29, 1.82) is 0 Å². The van der Waals surface area contributed by atoms with Gasteiger partial charge in [0.15, 0.2) is 5.78 Å². The van der Waals surface area contributed by atoms with Crippen LogP contribution in [0.1, 0.15) is 29.0 Å². The Morgan fingerprint density at radius 3 is 2.71 bits per heavy atom. The summed E-state index contributed by atoms with van der Waals surface area (Å²) in [7, 11) is 0. The Kier molecular flexibility index (Phi) is 3.84. The Balaban J connectivity index is 1.71. The number of rotatable bonds is 6. The van der Waals surface area contributed by atoms with Crippen LogP contribution in [0.4, 0.5) is 8.78 Å². The normalized spacial score (nSPS) is 14.6. The van der Waals surface area contributed by atoms with Crippen molar-refractivity contribution in [2.75, 3.05) is 6.54 Å². The number of carbonyl (C=O) groups is 1. The highest BCUT2D eigenvalue weighted by atomic mass is 19.1. The van der Waals surface area contributed by atoms with Crippen molar-refractivity contribution in [3.05, 3.63) is 59.6 Å². The van der Waals surface area contributed by atoms with Crippen LogP contribution in [0.5, 0.6) is 0 Å². The molecule has 0 atom stereocenters. The molecule has 1 saturated carbocycles. The zero-order chi connectivity index (χ0) is 14.8. The van der Waals surface area contributed by atoms with Gasteiger partial charge in [0.05, 0.1) is 24.9 Å². The van der Waals surface area contributed by atoms with E-state index in [1.54, 1.807) is 12.3 Å². The molecule has 1 aromatic carbocycles. The number of furan rings is 1. The van der Waals surface area contributed by atoms with Gasteiger partial charge in [-0.05, 0) is 37.1 Å². The summed E-state index contributed by atoms with van der Waals surface area (Å²) in [5.41, 5.74) is -0.0681. The van der Waals surface area contributed by atoms with Gasteiger partial charge in [0.1, 0.15) is 17.4 Å². The second-order valence-corrected chi connectivity index (χ2v) is 5.26. The molecule has 3 rings (SSSR count). The smallest absolute Gasteiger partial charge is 0.179 e. The van der Waals surface area contributed by atoms with Crippen LogP contribution in [-0.2, 0) is 6.54 Å². The van der Waals surface area contributed by atoms with E-state index in [2.05, 4.69) is 0 Å². The number of hydrogen-bond donors (Lipinski definition) is 0. The molecule has 0 unspecified atom stereocenters. The molecule has 0 radical (unpaired) electrons. The van der Waals surface area contributed by atoms with Crippen LogP contribution in [0.25, 0.3) is 0 Å². The fraction of sp³-hybridized carbons (Fsp3) is 0.312. The first kappa shape index (κ1) is 13.9. The number of hydrogen-bond acceptors (Lipinski definition) is 3. The molecule has 0 aliphatic heterocycles. The van der Waals surface area contributed by atoms with Gasteiger partial charge in [0.25, 0.3) is 0 Å². The van der Waals surface area contributed by atoms with E-state index in [0.717, 1.165) is 30.7 Å². The Labute approximate surface area is 121 Å². The molecule has 1 aliphatic carbocycles. The number of carbonyl (C=O) groups excluding carboxylic acids is 1. The molecule has 0 amide bonds. The summed E-state index contributed by atoms with van der Waals surface area (Å²) >= 11 is 0. The van der Waals surface area contributed by atoms with Crippen molar-refractivity contribution in [2.45, 2.75) is 25.4 Å². The van der Waals surface area contributed by atoms with E-state index in [0.29, 0.717) is 12.6 Å². The second-order valence-electron chi connectivity index (χ2n) is 5.26. The van der Waals surface area contributed by atoms with E-state index in [1.165, 1.54) is 6.07 Å². The fourth-order valence-corrected chi connectivity index (χ4v) is 2.34. The monoisotopic (exact) mass is 291 g/mol. The van der Waals surface area contributed by atoms with E-state index in [-0.39, 0.29) is 17.9 Å². The quantitative estimate of drug-likeness (QED) is 0.765. The number of benzene rings is 1. The lowest BCUT2D eigenvalue weighted by Crippen LogP contribution is -2.31.